The van der Waals surface area contributed by atoms with Gasteiger partial charge in [0.25, 0.3) is 0 Å². The molecule has 0 unspecified atom stereocenters. The Morgan fingerprint density at radius 1 is 1.60 bits per heavy atom. The number of unbranched alkanes of at least 4 members (excludes halogenated alkanes) is 1. The van der Waals surface area contributed by atoms with Crippen molar-refractivity contribution in [2.24, 2.45) is 0 Å². The van der Waals surface area contributed by atoms with E-state index in [2.05, 4.69) is 17.5 Å². The largest absolute Gasteiger partial charge is 0.385 e. The molecule has 0 rings (SSSR count). The molecule has 0 aromatic rings. The molecule has 0 saturated carbocycles. The molecule has 60 valence electrons. The summed E-state index contributed by atoms with van der Waals surface area (Å²) in [7, 11) is 1.65. The zero-order chi connectivity index (χ0) is 7.82. The van der Waals surface area contributed by atoms with Crippen LogP contribution in [-0.4, -0.2) is 19.6 Å². The minimum absolute atomic E-state index is 0.0283. The Kier molecular flexibility index (Phi) is 6.74. The Hall–Kier alpha value is -0.220. The van der Waals surface area contributed by atoms with E-state index in [1.54, 1.807) is 7.11 Å². The van der Waals surface area contributed by atoms with Crippen LogP contribution < -0.4 is 4.72 Å². The number of methoxy groups -OCH3 is 1. The molecule has 0 atom stereocenters. The minimum atomic E-state index is -0.0283. The van der Waals surface area contributed by atoms with Crippen molar-refractivity contribution in [3.05, 3.63) is 0 Å². The molecule has 4 heteroatoms. The van der Waals surface area contributed by atoms with Gasteiger partial charge in [0, 0.05) is 20.1 Å². The highest BCUT2D eigenvalue weighted by molar-refractivity contribution is 7.78. The zero-order valence-electron chi connectivity index (χ0n) is 6.09. The van der Waals surface area contributed by atoms with Gasteiger partial charge in [-0.25, -0.2) is 0 Å². The standard InChI is InChI=1S/C6H13NO2S/c1-9-5-3-2-4-6(8)7-10/h10H,2-5H2,1H3,(H,7,8). The molecular formula is C6H13NO2S. The number of thiol groups is 1. The van der Waals surface area contributed by atoms with E-state index in [0.717, 1.165) is 19.4 Å². The second-order valence-corrected chi connectivity index (χ2v) is 2.21. The highest BCUT2D eigenvalue weighted by Crippen LogP contribution is 1.94. The SMILES string of the molecule is COCCCCC(=O)NS. The fourth-order valence-electron chi connectivity index (χ4n) is 0.588. The van der Waals surface area contributed by atoms with Crippen LogP contribution >= 0.6 is 12.8 Å². The second-order valence-electron chi connectivity index (χ2n) is 1.98. The maximum absolute atomic E-state index is 10.5. The van der Waals surface area contributed by atoms with Gasteiger partial charge in [-0.2, -0.15) is 0 Å². The third-order valence-corrected chi connectivity index (χ3v) is 1.38. The van der Waals surface area contributed by atoms with Gasteiger partial charge in [0.05, 0.1) is 0 Å². The topological polar surface area (TPSA) is 38.3 Å². The number of amides is 1. The molecule has 0 radical (unpaired) electrons. The molecule has 3 nitrogen and oxygen atoms in total. The summed E-state index contributed by atoms with van der Waals surface area (Å²) in [5.74, 6) is -0.0283. The molecule has 0 aromatic carbocycles. The van der Waals surface area contributed by atoms with E-state index < -0.39 is 0 Å². The fraction of sp³-hybridized carbons (Fsp3) is 0.833. The van der Waals surface area contributed by atoms with Gasteiger partial charge >= 0.3 is 0 Å². The van der Waals surface area contributed by atoms with Gasteiger partial charge in [0.1, 0.15) is 0 Å². The molecule has 0 heterocycles. The summed E-state index contributed by atoms with van der Waals surface area (Å²) in [5, 5.41) is 0. The summed E-state index contributed by atoms with van der Waals surface area (Å²) < 4.78 is 7.06. The third kappa shape index (κ3) is 5.91. The first-order valence-corrected chi connectivity index (χ1v) is 3.68. The Balaban J connectivity index is 2.96. The summed E-state index contributed by atoms with van der Waals surface area (Å²) in [4.78, 5) is 10.5. The van der Waals surface area contributed by atoms with E-state index in [0.29, 0.717) is 6.42 Å². The van der Waals surface area contributed by atoms with E-state index in [1.165, 1.54) is 0 Å². The average Bonchev–Trinajstić information content (AvgIpc) is 1.98. The van der Waals surface area contributed by atoms with Gasteiger partial charge in [-0.3, -0.25) is 4.79 Å². The normalized spacial score (nSPS) is 9.40. The molecule has 0 saturated heterocycles. The quantitative estimate of drug-likeness (QED) is 0.464. The molecule has 10 heavy (non-hydrogen) atoms. The number of hydrogen-bond donors (Lipinski definition) is 2. The smallest absolute Gasteiger partial charge is 0.229 e. The average molecular weight is 163 g/mol. The van der Waals surface area contributed by atoms with Crippen LogP contribution in [0.25, 0.3) is 0 Å². The Morgan fingerprint density at radius 2 is 2.30 bits per heavy atom. The maximum Gasteiger partial charge on any atom is 0.229 e. The highest BCUT2D eigenvalue weighted by Gasteiger charge is 1.95. The predicted octanol–water partition coefficient (Wildman–Crippen LogP) is 0.764. The first-order valence-electron chi connectivity index (χ1n) is 3.23. The Bertz CT molecular complexity index is 97.7. The molecule has 0 aliphatic rings. The summed E-state index contributed by atoms with van der Waals surface area (Å²) >= 11 is 3.61. The van der Waals surface area contributed by atoms with E-state index in [9.17, 15) is 4.79 Å². The lowest BCUT2D eigenvalue weighted by Crippen LogP contribution is -2.11. The number of carbonyl (C=O) groups excluding carboxylic acids is 1. The molecule has 0 spiro atoms. The molecule has 1 amide bonds. The fourth-order valence-corrected chi connectivity index (χ4v) is 0.700. The summed E-state index contributed by atoms with van der Waals surface area (Å²) in [6, 6.07) is 0. The third-order valence-electron chi connectivity index (χ3n) is 1.13. The van der Waals surface area contributed by atoms with Gasteiger partial charge < -0.3 is 9.46 Å². The molecule has 0 aromatic heterocycles. The summed E-state index contributed by atoms with van der Waals surface area (Å²) in [6.07, 6.45) is 2.32. The molecule has 0 bridgehead atoms. The van der Waals surface area contributed by atoms with Crippen molar-refractivity contribution in [1.29, 1.82) is 0 Å². The van der Waals surface area contributed by atoms with Crippen molar-refractivity contribution in [2.75, 3.05) is 13.7 Å². The van der Waals surface area contributed by atoms with Gasteiger partial charge in [-0.1, -0.05) is 12.8 Å². The van der Waals surface area contributed by atoms with Crippen molar-refractivity contribution in [2.45, 2.75) is 19.3 Å². The zero-order valence-corrected chi connectivity index (χ0v) is 6.99. The van der Waals surface area contributed by atoms with E-state index in [1.807, 2.05) is 0 Å². The number of carbonyl (C=O) groups is 1. The molecule has 0 aliphatic carbocycles. The molecule has 0 aliphatic heterocycles. The Labute approximate surface area is 66.7 Å². The summed E-state index contributed by atoms with van der Waals surface area (Å²) in [5.41, 5.74) is 0. The van der Waals surface area contributed by atoms with Crippen LogP contribution in [0.2, 0.25) is 0 Å². The molecular weight excluding hydrogens is 150 g/mol. The van der Waals surface area contributed by atoms with Crippen LogP contribution in [0.1, 0.15) is 19.3 Å². The van der Waals surface area contributed by atoms with E-state index >= 15 is 0 Å². The monoisotopic (exact) mass is 163 g/mol. The van der Waals surface area contributed by atoms with Crippen LogP contribution in [-0.2, 0) is 9.53 Å². The van der Waals surface area contributed by atoms with Crippen molar-refractivity contribution in [3.63, 3.8) is 0 Å². The predicted molar refractivity (Wildman–Crippen MR) is 42.9 cm³/mol. The van der Waals surface area contributed by atoms with Crippen molar-refractivity contribution in [3.8, 4) is 0 Å². The highest BCUT2D eigenvalue weighted by atomic mass is 32.1. The number of rotatable bonds is 5. The second kappa shape index (κ2) is 6.89. The van der Waals surface area contributed by atoms with Crippen molar-refractivity contribution in [1.82, 2.24) is 4.72 Å². The van der Waals surface area contributed by atoms with Crippen LogP contribution in [0.15, 0.2) is 0 Å². The lowest BCUT2D eigenvalue weighted by atomic mass is 10.2. The van der Waals surface area contributed by atoms with Crippen LogP contribution in [0.4, 0.5) is 0 Å². The van der Waals surface area contributed by atoms with Crippen LogP contribution in [0, 0.1) is 0 Å². The van der Waals surface area contributed by atoms with Gasteiger partial charge in [0.15, 0.2) is 0 Å². The van der Waals surface area contributed by atoms with Gasteiger partial charge in [-0.05, 0) is 12.8 Å². The lowest BCUT2D eigenvalue weighted by molar-refractivity contribution is -0.119. The minimum Gasteiger partial charge on any atom is -0.385 e. The van der Waals surface area contributed by atoms with Gasteiger partial charge in [-0.15, -0.1) is 0 Å². The Morgan fingerprint density at radius 3 is 2.80 bits per heavy atom. The number of hydrogen-bond acceptors (Lipinski definition) is 3. The first kappa shape index (κ1) is 9.78. The number of nitrogens with one attached hydrogen (secondary N) is 1. The lowest BCUT2D eigenvalue weighted by Gasteiger charge is -1.97. The van der Waals surface area contributed by atoms with Crippen LogP contribution in [0.3, 0.4) is 0 Å². The molecule has 1 N–H and O–H groups in total. The van der Waals surface area contributed by atoms with Crippen molar-refractivity contribution >= 4 is 18.7 Å². The molecule has 0 fully saturated rings. The number of ether oxygens (including phenoxy) is 1. The summed E-state index contributed by atoms with van der Waals surface area (Å²) in [6.45, 7) is 0.722. The van der Waals surface area contributed by atoms with E-state index in [-0.39, 0.29) is 5.91 Å². The first-order chi connectivity index (χ1) is 4.81. The van der Waals surface area contributed by atoms with E-state index in [4.69, 9.17) is 4.74 Å². The van der Waals surface area contributed by atoms with Gasteiger partial charge in [0.2, 0.25) is 5.91 Å². The van der Waals surface area contributed by atoms with Crippen LogP contribution in [0.5, 0.6) is 0 Å². The van der Waals surface area contributed by atoms with Crippen molar-refractivity contribution < 1.29 is 9.53 Å². The maximum atomic E-state index is 10.5.